The Bertz CT molecular complexity index is 577. The Labute approximate surface area is 90.1 Å². The van der Waals surface area contributed by atoms with Crippen LogP contribution in [0.2, 0.25) is 0 Å². The predicted molar refractivity (Wildman–Crippen MR) is 53.4 cm³/mol. The van der Waals surface area contributed by atoms with Crippen LogP contribution < -0.4 is 4.74 Å². The minimum atomic E-state index is -1.21. The Morgan fingerprint density at radius 3 is 2.81 bits per heavy atom. The molecule has 0 aliphatic rings. The second-order valence-corrected chi connectivity index (χ2v) is 3.25. The average Bonchev–Trinajstić information content (AvgIpc) is 2.57. The molecule has 16 heavy (non-hydrogen) atoms. The molecule has 0 saturated heterocycles. The molecule has 84 valence electrons. The molecule has 2 rings (SSSR count). The van der Waals surface area contributed by atoms with Gasteiger partial charge in [-0.1, -0.05) is 0 Å². The first-order valence-electron chi connectivity index (χ1n) is 4.51. The molecule has 0 fully saturated rings. The van der Waals surface area contributed by atoms with Gasteiger partial charge in [-0.25, -0.2) is 9.18 Å². The molecule has 2 aromatic heterocycles. The number of hydrogen-bond acceptors (Lipinski definition) is 3. The third-order valence-corrected chi connectivity index (χ3v) is 2.29. The summed E-state index contributed by atoms with van der Waals surface area (Å²) in [5, 5.41) is 12.9. The molecule has 0 saturated carbocycles. The van der Waals surface area contributed by atoms with Gasteiger partial charge in [0, 0.05) is 6.07 Å². The number of carboxylic acid groups (broad SMARTS) is 1. The average molecular weight is 224 g/mol. The van der Waals surface area contributed by atoms with Crippen molar-refractivity contribution in [3.05, 3.63) is 29.2 Å². The van der Waals surface area contributed by atoms with Crippen molar-refractivity contribution in [2.24, 2.45) is 0 Å². The van der Waals surface area contributed by atoms with E-state index >= 15 is 0 Å². The molecule has 1 N–H and O–H groups in total. The normalized spacial score (nSPS) is 10.7. The number of halogens is 1. The zero-order chi connectivity index (χ0) is 11.9. The first-order chi connectivity index (χ1) is 7.56. The molecule has 0 amide bonds. The molecular formula is C10H9FN2O3. The smallest absolute Gasteiger partial charge is 0.339 e. The molecule has 0 atom stereocenters. The summed E-state index contributed by atoms with van der Waals surface area (Å²) in [6, 6.07) is 2.54. The second kappa shape index (κ2) is 3.48. The molecule has 0 radical (unpaired) electrons. The molecular weight excluding hydrogens is 215 g/mol. The molecule has 0 aliphatic carbocycles. The van der Waals surface area contributed by atoms with Crippen molar-refractivity contribution >= 4 is 11.5 Å². The number of pyridine rings is 1. The van der Waals surface area contributed by atoms with Gasteiger partial charge in [0.25, 0.3) is 0 Å². The number of fused-ring (bicyclic) bond motifs is 1. The molecule has 0 spiro atoms. The molecule has 2 aromatic rings. The van der Waals surface area contributed by atoms with Gasteiger partial charge in [0.1, 0.15) is 16.9 Å². The van der Waals surface area contributed by atoms with E-state index in [4.69, 9.17) is 9.84 Å². The number of aryl methyl sites for hydroxylation is 1. The fourth-order valence-electron chi connectivity index (χ4n) is 1.61. The highest BCUT2D eigenvalue weighted by atomic mass is 19.1. The van der Waals surface area contributed by atoms with Crippen LogP contribution in [0.4, 0.5) is 4.39 Å². The van der Waals surface area contributed by atoms with Gasteiger partial charge in [0.2, 0.25) is 5.88 Å². The number of aromatic carboxylic acids is 1. The standard InChI is InChI=1S/C10H9FN2O3/c1-5-8(10(14)15)9-6(11)3-4-7(16-2)13(9)12-5/h3-4H,1-2H3,(H,14,15). The summed E-state index contributed by atoms with van der Waals surface area (Å²) >= 11 is 0. The van der Waals surface area contributed by atoms with Crippen molar-refractivity contribution < 1.29 is 19.0 Å². The van der Waals surface area contributed by atoms with E-state index in [0.29, 0.717) is 0 Å². The summed E-state index contributed by atoms with van der Waals surface area (Å²) < 4.78 is 19.7. The highest BCUT2D eigenvalue weighted by Crippen LogP contribution is 2.23. The second-order valence-electron chi connectivity index (χ2n) is 3.25. The van der Waals surface area contributed by atoms with Gasteiger partial charge >= 0.3 is 5.97 Å². The molecule has 2 heterocycles. The van der Waals surface area contributed by atoms with E-state index in [1.165, 1.54) is 20.1 Å². The Morgan fingerprint density at radius 2 is 2.25 bits per heavy atom. The maximum absolute atomic E-state index is 13.6. The van der Waals surface area contributed by atoms with Crippen molar-refractivity contribution in [3.8, 4) is 5.88 Å². The molecule has 6 heteroatoms. The zero-order valence-electron chi connectivity index (χ0n) is 8.69. The third kappa shape index (κ3) is 1.30. The van der Waals surface area contributed by atoms with Crippen molar-refractivity contribution in [1.29, 1.82) is 0 Å². The van der Waals surface area contributed by atoms with E-state index in [0.717, 1.165) is 10.6 Å². The SMILES string of the molecule is COc1ccc(F)c2c(C(=O)O)c(C)nn12. The number of aromatic nitrogens is 2. The zero-order valence-corrected chi connectivity index (χ0v) is 8.69. The van der Waals surface area contributed by atoms with Crippen LogP contribution in [0, 0.1) is 12.7 Å². The summed E-state index contributed by atoms with van der Waals surface area (Å²) in [7, 11) is 1.41. The molecule has 0 aliphatic heterocycles. The molecule has 0 bridgehead atoms. The molecule has 5 nitrogen and oxygen atoms in total. The van der Waals surface area contributed by atoms with Crippen molar-refractivity contribution in [2.75, 3.05) is 7.11 Å². The van der Waals surface area contributed by atoms with Gasteiger partial charge in [-0.2, -0.15) is 9.61 Å². The highest BCUT2D eigenvalue weighted by molar-refractivity contribution is 5.97. The number of carbonyl (C=O) groups is 1. The van der Waals surface area contributed by atoms with Gasteiger partial charge in [0.15, 0.2) is 0 Å². The van der Waals surface area contributed by atoms with E-state index in [1.807, 2.05) is 0 Å². The monoisotopic (exact) mass is 224 g/mol. The Kier molecular flexibility index (Phi) is 2.26. The maximum Gasteiger partial charge on any atom is 0.339 e. The number of carboxylic acids is 1. The van der Waals surface area contributed by atoms with Gasteiger partial charge in [-0.05, 0) is 13.0 Å². The van der Waals surface area contributed by atoms with Crippen LogP contribution in [0.5, 0.6) is 5.88 Å². The quantitative estimate of drug-likeness (QED) is 0.839. The lowest BCUT2D eigenvalue weighted by Crippen LogP contribution is -2.00. The van der Waals surface area contributed by atoms with Gasteiger partial charge in [-0.15, -0.1) is 0 Å². The lowest BCUT2D eigenvalue weighted by atomic mass is 10.2. The summed E-state index contributed by atoms with van der Waals surface area (Å²) in [5.74, 6) is -1.56. The van der Waals surface area contributed by atoms with Crippen molar-refractivity contribution in [1.82, 2.24) is 9.61 Å². The molecule has 0 aromatic carbocycles. The summed E-state index contributed by atoms with van der Waals surface area (Å²) in [6.45, 7) is 1.51. The Hall–Kier alpha value is -2.11. The maximum atomic E-state index is 13.6. The Balaban J connectivity index is 2.93. The highest BCUT2D eigenvalue weighted by Gasteiger charge is 2.21. The largest absolute Gasteiger partial charge is 0.481 e. The van der Waals surface area contributed by atoms with E-state index in [-0.39, 0.29) is 22.7 Å². The van der Waals surface area contributed by atoms with Gasteiger partial charge in [0.05, 0.1) is 12.8 Å². The summed E-state index contributed by atoms with van der Waals surface area (Å²) in [4.78, 5) is 11.0. The van der Waals surface area contributed by atoms with E-state index < -0.39 is 11.8 Å². The number of rotatable bonds is 2. The predicted octanol–water partition coefficient (Wildman–Crippen LogP) is 1.49. The third-order valence-electron chi connectivity index (χ3n) is 2.29. The lowest BCUT2D eigenvalue weighted by Gasteiger charge is -2.03. The number of hydrogen-bond donors (Lipinski definition) is 1. The fraction of sp³-hybridized carbons (Fsp3) is 0.200. The number of ether oxygens (including phenoxy) is 1. The minimum absolute atomic E-state index is 0.0793. The van der Waals surface area contributed by atoms with Crippen LogP contribution in [0.15, 0.2) is 12.1 Å². The molecule has 0 unspecified atom stereocenters. The summed E-state index contributed by atoms with van der Waals surface area (Å²) in [5.41, 5.74) is 0.0247. The fourth-order valence-corrected chi connectivity index (χ4v) is 1.61. The van der Waals surface area contributed by atoms with E-state index in [1.54, 1.807) is 0 Å². The number of methoxy groups -OCH3 is 1. The number of nitrogens with zero attached hydrogens (tertiary/aromatic N) is 2. The lowest BCUT2D eigenvalue weighted by molar-refractivity contribution is 0.0698. The van der Waals surface area contributed by atoms with E-state index in [9.17, 15) is 9.18 Å². The van der Waals surface area contributed by atoms with Gasteiger partial charge in [-0.3, -0.25) is 0 Å². The van der Waals surface area contributed by atoms with E-state index in [2.05, 4.69) is 5.10 Å². The van der Waals surface area contributed by atoms with Crippen LogP contribution in [0.25, 0.3) is 5.52 Å². The Morgan fingerprint density at radius 1 is 1.56 bits per heavy atom. The van der Waals surface area contributed by atoms with Crippen LogP contribution >= 0.6 is 0 Å². The van der Waals surface area contributed by atoms with Gasteiger partial charge < -0.3 is 9.84 Å². The first-order valence-corrected chi connectivity index (χ1v) is 4.51. The van der Waals surface area contributed by atoms with Crippen molar-refractivity contribution in [2.45, 2.75) is 6.92 Å². The minimum Gasteiger partial charge on any atom is -0.481 e. The first kappa shape index (κ1) is 10.4. The summed E-state index contributed by atoms with van der Waals surface area (Å²) in [6.07, 6.45) is 0. The van der Waals surface area contributed by atoms with Crippen LogP contribution in [0.1, 0.15) is 16.1 Å². The van der Waals surface area contributed by atoms with Crippen molar-refractivity contribution in [3.63, 3.8) is 0 Å². The van der Waals surface area contributed by atoms with Crippen LogP contribution in [-0.2, 0) is 0 Å². The van der Waals surface area contributed by atoms with Crippen LogP contribution in [-0.4, -0.2) is 27.8 Å². The van der Waals surface area contributed by atoms with Crippen LogP contribution in [0.3, 0.4) is 0 Å². The topological polar surface area (TPSA) is 63.8 Å².